The highest BCUT2D eigenvalue weighted by molar-refractivity contribution is 6.19. The number of benzene rings is 4. The average Bonchev–Trinajstić information content (AvgIpc) is 3.20. The summed E-state index contributed by atoms with van der Waals surface area (Å²) in [4.78, 5) is 31.4. The van der Waals surface area contributed by atoms with Gasteiger partial charge in [0.25, 0.3) is 5.91 Å². The second-order valence-electron chi connectivity index (χ2n) is 8.18. The van der Waals surface area contributed by atoms with Crippen molar-refractivity contribution in [2.45, 2.75) is 6.54 Å². The van der Waals surface area contributed by atoms with Gasteiger partial charge in [-0.1, -0.05) is 103 Å². The summed E-state index contributed by atoms with van der Waals surface area (Å²) in [6, 6.07) is 33.9. The number of carboxylic acid groups (broad SMARTS) is 1. The van der Waals surface area contributed by atoms with Crippen molar-refractivity contribution in [1.29, 1.82) is 0 Å². The van der Waals surface area contributed by atoms with Crippen LogP contribution in [0.4, 0.5) is 0 Å². The highest BCUT2D eigenvalue weighted by Gasteiger charge is 2.31. The lowest BCUT2D eigenvalue weighted by atomic mass is 9.98. The van der Waals surface area contributed by atoms with Crippen molar-refractivity contribution in [2.24, 2.45) is 4.99 Å². The Kier molecular flexibility index (Phi) is 6.05. The molecule has 4 aromatic carbocycles. The van der Waals surface area contributed by atoms with E-state index >= 15 is 0 Å². The van der Waals surface area contributed by atoms with Crippen LogP contribution >= 0.6 is 0 Å². The van der Waals surface area contributed by atoms with Crippen molar-refractivity contribution < 1.29 is 14.7 Å². The zero-order valence-electron chi connectivity index (χ0n) is 18.8. The number of carbonyl (C=O) groups is 2. The molecule has 0 saturated carbocycles. The number of nitrogens with zero attached hydrogens (tertiary/aromatic N) is 2. The fourth-order valence-electron chi connectivity index (χ4n) is 4.11. The summed E-state index contributed by atoms with van der Waals surface area (Å²) < 4.78 is 0. The van der Waals surface area contributed by atoms with Gasteiger partial charge in [0.15, 0.2) is 0 Å². The molecule has 0 spiro atoms. The molecule has 0 bridgehead atoms. The Morgan fingerprint density at radius 2 is 1.40 bits per heavy atom. The first kappa shape index (κ1) is 22.0. The van der Waals surface area contributed by atoms with Crippen LogP contribution in [0.2, 0.25) is 0 Å². The fraction of sp³-hybridized carbons (Fsp3) is 0.0333. The third-order valence-corrected chi connectivity index (χ3v) is 5.84. The zero-order chi connectivity index (χ0) is 24.2. The Morgan fingerprint density at radius 1 is 0.771 bits per heavy atom. The van der Waals surface area contributed by atoms with Crippen LogP contribution < -0.4 is 0 Å². The lowest BCUT2D eigenvalue weighted by Gasteiger charge is -2.19. The third kappa shape index (κ3) is 4.66. The summed E-state index contributed by atoms with van der Waals surface area (Å²) in [6.07, 6.45) is 1.80. The number of aromatic carboxylic acids is 1. The molecule has 1 aliphatic rings. The molecule has 5 nitrogen and oxygen atoms in total. The molecular weight excluding hydrogens is 436 g/mol. The number of aliphatic imine (C=N–C) groups is 1. The molecule has 0 saturated heterocycles. The standard InChI is InChI=1S/C30H22N2O3/c33-29-27(19-21-9-3-1-4-10-21)31-28(24-11-5-2-6-12-24)32(29)20-22-15-17-23(18-16-22)25-13-7-8-14-26(25)30(34)35/h1-19H,20H2,(H,34,35). The Labute approximate surface area is 203 Å². The van der Waals surface area contributed by atoms with Gasteiger partial charge in [-0.15, -0.1) is 0 Å². The van der Waals surface area contributed by atoms with Crippen molar-refractivity contribution in [3.8, 4) is 11.1 Å². The topological polar surface area (TPSA) is 70.0 Å². The van der Waals surface area contributed by atoms with Crippen molar-refractivity contribution in [3.63, 3.8) is 0 Å². The lowest BCUT2D eigenvalue weighted by molar-refractivity contribution is -0.123. The Bertz CT molecular complexity index is 1440. The van der Waals surface area contributed by atoms with Crippen LogP contribution in [0.15, 0.2) is 120 Å². The number of carboxylic acids is 1. The van der Waals surface area contributed by atoms with E-state index in [9.17, 15) is 14.7 Å². The van der Waals surface area contributed by atoms with Crippen molar-refractivity contribution in [2.75, 3.05) is 0 Å². The van der Waals surface area contributed by atoms with Crippen LogP contribution in [0.3, 0.4) is 0 Å². The molecule has 1 amide bonds. The van der Waals surface area contributed by atoms with Crippen LogP contribution in [-0.2, 0) is 11.3 Å². The van der Waals surface area contributed by atoms with Crippen LogP contribution in [-0.4, -0.2) is 27.7 Å². The SMILES string of the molecule is O=C(O)c1ccccc1-c1ccc(CN2C(=O)C(=Cc3ccccc3)N=C2c2ccccc2)cc1. The summed E-state index contributed by atoms with van der Waals surface area (Å²) in [6.45, 7) is 0.347. The van der Waals surface area contributed by atoms with E-state index in [0.717, 1.165) is 22.3 Å². The predicted molar refractivity (Wildman–Crippen MR) is 137 cm³/mol. The van der Waals surface area contributed by atoms with Crippen molar-refractivity contribution in [1.82, 2.24) is 4.90 Å². The smallest absolute Gasteiger partial charge is 0.336 e. The van der Waals surface area contributed by atoms with E-state index < -0.39 is 5.97 Å². The molecule has 170 valence electrons. The monoisotopic (exact) mass is 458 g/mol. The predicted octanol–water partition coefficient (Wildman–Crippen LogP) is 5.88. The zero-order valence-corrected chi connectivity index (χ0v) is 18.8. The molecule has 0 aliphatic carbocycles. The highest BCUT2D eigenvalue weighted by Crippen LogP contribution is 2.27. The molecule has 5 rings (SSSR count). The van der Waals surface area contributed by atoms with Gasteiger partial charge in [-0.3, -0.25) is 9.69 Å². The summed E-state index contributed by atoms with van der Waals surface area (Å²) in [5, 5.41) is 9.51. The summed E-state index contributed by atoms with van der Waals surface area (Å²) in [7, 11) is 0. The largest absolute Gasteiger partial charge is 0.478 e. The average molecular weight is 459 g/mol. The van der Waals surface area contributed by atoms with Gasteiger partial charge in [-0.25, -0.2) is 9.79 Å². The molecule has 0 atom stereocenters. The van der Waals surface area contributed by atoms with Gasteiger partial charge < -0.3 is 5.11 Å². The Hall–Kier alpha value is -4.77. The van der Waals surface area contributed by atoms with E-state index in [4.69, 9.17) is 4.99 Å². The van der Waals surface area contributed by atoms with Crippen LogP contribution in [0.5, 0.6) is 0 Å². The minimum absolute atomic E-state index is 0.159. The number of amidine groups is 1. The van der Waals surface area contributed by atoms with Gasteiger partial charge in [0, 0.05) is 5.56 Å². The molecule has 5 heteroatoms. The molecule has 1 aliphatic heterocycles. The Balaban J connectivity index is 1.46. The number of hydrogen-bond donors (Lipinski definition) is 1. The first-order valence-electron chi connectivity index (χ1n) is 11.2. The highest BCUT2D eigenvalue weighted by atomic mass is 16.4. The van der Waals surface area contributed by atoms with Crippen molar-refractivity contribution >= 4 is 23.8 Å². The first-order chi connectivity index (χ1) is 17.1. The van der Waals surface area contributed by atoms with Gasteiger partial charge in [-0.2, -0.15) is 0 Å². The third-order valence-electron chi connectivity index (χ3n) is 5.84. The lowest BCUT2D eigenvalue weighted by Crippen LogP contribution is -2.32. The number of hydrogen-bond acceptors (Lipinski definition) is 3. The van der Waals surface area contributed by atoms with Gasteiger partial charge in [0.05, 0.1) is 12.1 Å². The van der Waals surface area contributed by atoms with Crippen LogP contribution in [0, 0.1) is 0 Å². The molecule has 0 fully saturated rings. The first-order valence-corrected chi connectivity index (χ1v) is 11.2. The molecule has 35 heavy (non-hydrogen) atoms. The van der Waals surface area contributed by atoms with E-state index in [-0.39, 0.29) is 11.5 Å². The number of carbonyl (C=O) groups excluding carboxylic acids is 1. The van der Waals surface area contributed by atoms with Crippen LogP contribution in [0.1, 0.15) is 27.0 Å². The molecule has 1 N–H and O–H groups in total. The van der Waals surface area contributed by atoms with E-state index in [1.807, 2.05) is 91.0 Å². The molecule has 4 aromatic rings. The van der Waals surface area contributed by atoms with E-state index in [2.05, 4.69) is 0 Å². The van der Waals surface area contributed by atoms with E-state index in [1.54, 1.807) is 29.2 Å². The maximum absolute atomic E-state index is 13.4. The summed E-state index contributed by atoms with van der Waals surface area (Å²) in [5.41, 5.74) is 4.80. The minimum atomic E-state index is -0.964. The fourth-order valence-corrected chi connectivity index (χ4v) is 4.11. The second-order valence-corrected chi connectivity index (χ2v) is 8.18. The molecule has 0 aromatic heterocycles. The number of amides is 1. The second kappa shape index (κ2) is 9.61. The van der Waals surface area contributed by atoms with Crippen molar-refractivity contribution in [3.05, 3.63) is 137 Å². The van der Waals surface area contributed by atoms with E-state index in [0.29, 0.717) is 23.6 Å². The van der Waals surface area contributed by atoms with Crippen LogP contribution in [0.25, 0.3) is 17.2 Å². The summed E-state index contributed by atoms with van der Waals surface area (Å²) >= 11 is 0. The molecule has 0 unspecified atom stereocenters. The molecule has 0 radical (unpaired) electrons. The quantitative estimate of drug-likeness (QED) is 0.367. The maximum atomic E-state index is 13.4. The maximum Gasteiger partial charge on any atom is 0.336 e. The number of rotatable bonds is 6. The van der Waals surface area contributed by atoms with Gasteiger partial charge in [0.1, 0.15) is 11.5 Å². The van der Waals surface area contributed by atoms with Gasteiger partial charge in [0.2, 0.25) is 0 Å². The molecule has 1 heterocycles. The Morgan fingerprint density at radius 3 is 2.09 bits per heavy atom. The van der Waals surface area contributed by atoms with Gasteiger partial charge >= 0.3 is 5.97 Å². The summed E-state index contributed by atoms with van der Waals surface area (Å²) in [5.74, 6) is -0.514. The van der Waals surface area contributed by atoms with E-state index in [1.165, 1.54) is 0 Å². The molecular formula is C30H22N2O3. The normalized spacial score (nSPS) is 14.3. The van der Waals surface area contributed by atoms with Gasteiger partial charge in [-0.05, 0) is 34.4 Å². The minimum Gasteiger partial charge on any atom is -0.478 e.